The van der Waals surface area contributed by atoms with Crippen molar-refractivity contribution in [1.29, 1.82) is 0 Å². The van der Waals surface area contributed by atoms with Crippen LogP contribution >= 0.6 is 11.3 Å². The molecule has 6 heteroatoms. The van der Waals surface area contributed by atoms with E-state index in [1.807, 2.05) is 16.2 Å². The summed E-state index contributed by atoms with van der Waals surface area (Å²) in [4.78, 5) is 28.9. The highest BCUT2D eigenvalue weighted by atomic mass is 32.1. The van der Waals surface area contributed by atoms with Crippen LogP contribution in [0.3, 0.4) is 0 Å². The Morgan fingerprint density at radius 3 is 2.72 bits per heavy atom. The van der Waals surface area contributed by atoms with E-state index in [1.54, 1.807) is 0 Å². The van der Waals surface area contributed by atoms with Crippen LogP contribution in [0.2, 0.25) is 0 Å². The molecule has 3 aliphatic rings. The largest absolute Gasteiger partial charge is 0.356 e. The molecule has 0 spiro atoms. The summed E-state index contributed by atoms with van der Waals surface area (Å²) in [5.74, 6) is 1.94. The lowest BCUT2D eigenvalue weighted by atomic mass is 9.97. The van der Waals surface area contributed by atoms with Crippen molar-refractivity contribution in [2.45, 2.75) is 57.4 Å². The first kappa shape index (κ1) is 15.6. The quantitative estimate of drug-likeness (QED) is 0.845. The van der Waals surface area contributed by atoms with Gasteiger partial charge in [-0.2, -0.15) is 0 Å². The molecule has 5 rings (SSSR count). The third-order valence-electron chi connectivity index (χ3n) is 5.79. The van der Waals surface area contributed by atoms with Gasteiger partial charge in [-0.1, -0.05) is 0 Å². The van der Waals surface area contributed by atoms with Gasteiger partial charge in [0.05, 0.1) is 11.8 Å². The topological polar surface area (TPSA) is 49.3 Å². The maximum atomic E-state index is 12.4. The van der Waals surface area contributed by atoms with Crippen molar-refractivity contribution in [3.8, 4) is 0 Å². The van der Waals surface area contributed by atoms with Crippen molar-refractivity contribution in [1.82, 2.24) is 14.9 Å². The fourth-order valence-corrected chi connectivity index (χ4v) is 5.24. The van der Waals surface area contributed by atoms with E-state index in [0.717, 1.165) is 36.6 Å². The van der Waals surface area contributed by atoms with Gasteiger partial charge in [-0.3, -0.25) is 4.79 Å². The van der Waals surface area contributed by atoms with E-state index >= 15 is 0 Å². The average molecular weight is 356 g/mol. The minimum Gasteiger partial charge on any atom is -0.356 e. The molecule has 0 radical (unpaired) electrons. The van der Waals surface area contributed by atoms with Crippen LogP contribution in [0, 0.1) is 0 Å². The second-order valence-corrected chi connectivity index (χ2v) is 8.69. The number of likely N-dealkylation sites (tertiary alicyclic amines) is 1. The van der Waals surface area contributed by atoms with Crippen LogP contribution in [0.5, 0.6) is 0 Å². The van der Waals surface area contributed by atoms with Crippen molar-refractivity contribution in [2.75, 3.05) is 25.0 Å². The Labute approximate surface area is 152 Å². The number of carbonyl (C=O) groups is 1. The molecule has 0 bridgehead atoms. The molecule has 132 valence electrons. The smallest absolute Gasteiger partial charge is 0.230 e. The number of hydrogen-bond acceptors (Lipinski definition) is 5. The Balaban J connectivity index is 1.58. The van der Waals surface area contributed by atoms with Gasteiger partial charge >= 0.3 is 0 Å². The van der Waals surface area contributed by atoms with Crippen LogP contribution in [0.4, 0.5) is 5.82 Å². The van der Waals surface area contributed by atoms with Crippen molar-refractivity contribution >= 4 is 33.3 Å². The first-order valence-electron chi connectivity index (χ1n) is 9.52. The summed E-state index contributed by atoms with van der Waals surface area (Å²) >= 11 is 1.83. The number of hydrogen-bond donors (Lipinski definition) is 0. The van der Waals surface area contributed by atoms with Gasteiger partial charge in [0.1, 0.15) is 16.5 Å². The zero-order valence-electron chi connectivity index (χ0n) is 14.8. The minimum atomic E-state index is 0.173. The van der Waals surface area contributed by atoms with Gasteiger partial charge in [-0.05, 0) is 50.5 Å². The average Bonchev–Trinajstić information content (AvgIpc) is 3.32. The first-order valence-corrected chi connectivity index (χ1v) is 10.3. The molecule has 2 aliphatic carbocycles. The summed E-state index contributed by atoms with van der Waals surface area (Å²) in [5.41, 5.74) is 1.48. The lowest BCUT2D eigenvalue weighted by Crippen LogP contribution is -2.43. The zero-order valence-corrected chi connectivity index (χ0v) is 15.6. The zero-order chi connectivity index (χ0) is 17.0. The number of anilines is 1. The van der Waals surface area contributed by atoms with E-state index in [1.165, 1.54) is 47.9 Å². The molecule has 0 atom stereocenters. The number of carbonyl (C=O) groups excluding carboxylic acids is 1. The van der Waals surface area contributed by atoms with Gasteiger partial charge in [0.15, 0.2) is 0 Å². The molecule has 1 amide bonds. The molecule has 5 nitrogen and oxygen atoms in total. The molecule has 1 saturated heterocycles. The van der Waals surface area contributed by atoms with Gasteiger partial charge in [-0.15, -0.1) is 11.3 Å². The fraction of sp³-hybridized carbons (Fsp3) is 0.632. The summed E-state index contributed by atoms with van der Waals surface area (Å²) < 4.78 is 0. The Hall–Kier alpha value is -1.69. The highest BCUT2D eigenvalue weighted by Gasteiger charge is 2.31. The van der Waals surface area contributed by atoms with Gasteiger partial charge in [0, 0.05) is 31.1 Å². The molecule has 0 unspecified atom stereocenters. The maximum Gasteiger partial charge on any atom is 0.230 e. The molecular formula is C19H24N4OS. The summed E-state index contributed by atoms with van der Waals surface area (Å²) in [6.45, 7) is 1.78. The number of thiophene rings is 1. The number of fused-ring (bicyclic) bond motifs is 3. The lowest BCUT2D eigenvalue weighted by molar-refractivity contribution is -0.133. The molecule has 25 heavy (non-hydrogen) atoms. The second kappa shape index (κ2) is 5.94. The van der Waals surface area contributed by atoms with Crippen LogP contribution in [0.25, 0.3) is 10.2 Å². The van der Waals surface area contributed by atoms with Gasteiger partial charge in [-0.25, -0.2) is 9.97 Å². The molecule has 3 heterocycles. The highest BCUT2D eigenvalue weighted by Crippen LogP contribution is 2.41. The molecule has 2 fully saturated rings. The number of nitrogens with zero attached hydrogens (tertiary/aromatic N) is 4. The normalized spacial score (nSPS) is 19.6. The van der Waals surface area contributed by atoms with E-state index < -0.39 is 0 Å². The molecule has 1 saturated carbocycles. The van der Waals surface area contributed by atoms with Crippen molar-refractivity contribution in [3.05, 3.63) is 16.3 Å². The van der Waals surface area contributed by atoms with E-state index in [-0.39, 0.29) is 5.91 Å². The summed E-state index contributed by atoms with van der Waals surface area (Å²) in [7, 11) is 2.16. The molecular weight excluding hydrogens is 332 g/mol. The minimum absolute atomic E-state index is 0.173. The number of amides is 1. The summed E-state index contributed by atoms with van der Waals surface area (Å²) in [6.07, 6.45) is 8.82. The van der Waals surface area contributed by atoms with Crippen molar-refractivity contribution in [2.24, 2.45) is 0 Å². The Kier molecular flexibility index (Phi) is 3.69. The number of aromatic nitrogens is 2. The van der Waals surface area contributed by atoms with E-state index in [4.69, 9.17) is 9.97 Å². The van der Waals surface area contributed by atoms with Crippen LogP contribution in [-0.4, -0.2) is 47.0 Å². The van der Waals surface area contributed by atoms with Crippen LogP contribution < -0.4 is 4.90 Å². The van der Waals surface area contributed by atoms with E-state index in [0.29, 0.717) is 18.3 Å². The van der Waals surface area contributed by atoms with Crippen LogP contribution in [0.15, 0.2) is 0 Å². The van der Waals surface area contributed by atoms with Gasteiger partial charge in [0.2, 0.25) is 5.91 Å². The first-order chi connectivity index (χ1) is 12.2. The highest BCUT2D eigenvalue weighted by molar-refractivity contribution is 7.19. The number of rotatable bonds is 4. The van der Waals surface area contributed by atoms with Crippen molar-refractivity contribution < 1.29 is 4.79 Å². The molecule has 2 aromatic heterocycles. The lowest BCUT2D eigenvalue weighted by Gasteiger charge is -2.30. The SMILES string of the molecule is CN(c1nc(CC(=O)N2CCC2)nc2sc3c(c12)CCCC3)C1CC1. The summed E-state index contributed by atoms with van der Waals surface area (Å²) in [5, 5.41) is 1.27. The second-order valence-electron chi connectivity index (χ2n) is 7.61. The predicted molar refractivity (Wildman–Crippen MR) is 100 cm³/mol. The van der Waals surface area contributed by atoms with E-state index in [2.05, 4.69) is 11.9 Å². The Morgan fingerprint density at radius 1 is 1.20 bits per heavy atom. The van der Waals surface area contributed by atoms with E-state index in [9.17, 15) is 4.79 Å². The molecule has 0 N–H and O–H groups in total. The third kappa shape index (κ3) is 2.71. The monoisotopic (exact) mass is 356 g/mol. The van der Waals surface area contributed by atoms with Gasteiger partial charge < -0.3 is 9.80 Å². The standard InChI is InChI=1S/C19H24N4OS/c1-22(12-7-8-12)18-17-13-5-2-3-6-14(13)25-19(17)21-15(20-18)11-16(24)23-9-4-10-23/h12H,2-11H2,1H3. The summed E-state index contributed by atoms with van der Waals surface area (Å²) in [6, 6.07) is 0.608. The van der Waals surface area contributed by atoms with Crippen LogP contribution in [0.1, 0.15) is 48.4 Å². The predicted octanol–water partition coefficient (Wildman–Crippen LogP) is 2.94. The number of aryl methyl sites for hydroxylation is 2. The molecule has 0 aromatic carbocycles. The van der Waals surface area contributed by atoms with Crippen molar-refractivity contribution in [3.63, 3.8) is 0 Å². The van der Waals surface area contributed by atoms with Crippen LogP contribution in [-0.2, 0) is 24.1 Å². The molecule has 1 aliphatic heterocycles. The third-order valence-corrected chi connectivity index (χ3v) is 6.97. The maximum absolute atomic E-state index is 12.4. The molecule has 2 aromatic rings. The Bertz CT molecular complexity index is 838. The van der Waals surface area contributed by atoms with Gasteiger partial charge in [0.25, 0.3) is 0 Å². The fourth-order valence-electron chi connectivity index (χ4n) is 3.96. The Morgan fingerprint density at radius 2 is 2.00 bits per heavy atom.